The van der Waals surface area contributed by atoms with Gasteiger partial charge in [0.05, 0.1) is 22.2 Å². The van der Waals surface area contributed by atoms with Crippen LogP contribution in [0.5, 0.6) is 0 Å². The average Bonchev–Trinajstić information content (AvgIpc) is 1.51. The summed E-state index contributed by atoms with van der Waals surface area (Å²) in [6.07, 6.45) is 0. The number of nitrogens with zero attached hydrogens (tertiary/aromatic N) is 2. The lowest BCUT2D eigenvalue weighted by atomic mass is 9.70. The highest BCUT2D eigenvalue weighted by atomic mass is 16.3. The molecule has 1 heterocycles. The molecule has 0 bridgehead atoms. The van der Waals surface area contributed by atoms with Gasteiger partial charge in [-0.2, -0.15) is 0 Å². The van der Waals surface area contributed by atoms with Gasteiger partial charge in [0.25, 0.3) is 0 Å². The highest BCUT2D eigenvalue weighted by Gasteiger charge is 2.54. The van der Waals surface area contributed by atoms with Crippen LogP contribution in [0.15, 0.2) is 429 Å². The summed E-state index contributed by atoms with van der Waals surface area (Å²) in [5, 5.41) is 11.6. The van der Waals surface area contributed by atoms with Gasteiger partial charge in [-0.1, -0.05) is 358 Å². The Labute approximate surface area is 677 Å². The quantitative estimate of drug-likeness (QED) is 0.127. The Bertz CT molecular complexity index is 7650. The topological polar surface area (TPSA) is 19.6 Å². The molecule has 0 atom stereocenters. The summed E-state index contributed by atoms with van der Waals surface area (Å²) in [6, 6.07) is 160. The zero-order valence-corrected chi connectivity index (χ0v) is 63.7. The molecular weight excluding hydrogens is 1410 g/mol. The summed E-state index contributed by atoms with van der Waals surface area (Å²) in [7, 11) is 0. The van der Waals surface area contributed by atoms with E-state index in [-0.39, 0.29) is 0 Å². The van der Waals surface area contributed by atoms with Crippen LogP contribution in [0.1, 0.15) is 44.5 Å². The number of benzene rings is 20. The summed E-state index contributed by atoms with van der Waals surface area (Å²) in [5.74, 6) is 0. The Kier molecular flexibility index (Phi) is 14.1. The zero-order chi connectivity index (χ0) is 76.6. The van der Waals surface area contributed by atoms with Gasteiger partial charge < -0.3 is 14.2 Å². The molecule has 4 aliphatic carbocycles. The molecule has 0 saturated heterocycles. The van der Waals surface area contributed by atoms with Crippen molar-refractivity contribution >= 4 is 99.2 Å². The Morgan fingerprint density at radius 3 is 0.932 bits per heavy atom. The van der Waals surface area contributed by atoms with Crippen molar-refractivity contribution in [2.24, 2.45) is 0 Å². The number of hydrogen-bond acceptors (Lipinski definition) is 3. The summed E-state index contributed by atoms with van der Waals surface area (Å²) in [5.41, 5.74) is 36.6. The molecule has 21 aromatic rings. The SMILES string of the molecule is c1ccc(-c2ccc(N(c3ccc4c(c3)C3(c5ccccc5-c5ccccc53)c3ccccc3-4)c3c(-c4cccc(-c5ccc(N(c6ccc7c(c6)C6(c8ccccc8-c8ccccc86)c6ccccc6-7)c6c(-c7cccc8oc9ccccc9c78)c7ccccc7c7ccccc67)cc5)c4)c4ccccc4c4ccccc34)cc2)cc1. The van der Waals surface area contributed by atoms with E-state index in [0.717, 1.165) is 111 Å². The molecule has 20 aromatic carbocycles. The van der Waals surface area contributed by atoms with Crippen LogP contribution in [0.2, 0.25) is 0 Å². The Balaban J connectivity index is 0.714. The van der Waals surface area contributed by atoms with E-state index in [1.54, 1.807) is 0 Å². The fraction of sp³-hybridized carbons (Fsp3) is 0.0175. The molecule has 0 N–H and O–H groups in total. The zero-order valence-electron chi connectivity index (χ0n) is 63.7. The fourth-order valence-electron chi connectivity index (χ4n) is 21.6. The van der Waals surface area contributed by atoms with E-state index >= 15 is 0 Å². The highest BCUT2D eigenvalue weighted by molar-refractivity contribution is 6.27. The second kappa shape index (κ2) is 25.2. The van der Waals surface area contributed by atoms with Gasteiger partial charge in [-0.25, -0.2) is 0 Å². The highest BCUT2D eigenvalue weighted by Crippen LogP contribution is 2.67. The van der Waals surface area contributed by atoms with E-state index < -0.39 is 10.8 Å². The Morgan fingerprint density at radius 2 is 0.470 bits per heavy atom. The molecule has 0 aliphatic heterocycles. The number of hydrogen-bond donors (Lipinski definition) is 0. The third-order valence-corrected chi connectivity index (χ3v) is 26.3. The van der Waals surface area contributed by atoms with Crippen molar-refractivity contribution in [2.45, 2.75) is 10.8 Å². The standard InChI is InChI=1S/C114H70N2O/c1-2-28-71(29-3-1)72-56-60-76(61-57-72)115(78-64-66-90-88-40-16-23-52-102(88)113(104(90)69-78)98-48-19-12-36-84(98)85-37-13-20-49-99(85)113)111-94-44-10-6-34-82(94)80-32-4-8-42-92(80)108(111)75-31-26-30-74(68-75)73-58-62-77(63-59-73)116(79-65-67-91-89-41-17-24-53-103(89)114(105(91)70-79)100-50-21-14-38-86(100)87-39-15-22-51-101(87)114)112-95-45-11-7-35-83(95)81-33-5-9-43-93(81)110(112)97-47-27-55-107-109(97)96-46-18-25-54-106(96)117-107/h1-70H. The van der Waals surface area contributed by atoms with Crippen molar-refractivity contribution in [3.8, 4) is 89.0 Å². The maximum absolute atomic E-state index is 6.83. The van der Waals surface area contributed by atoms with Crippen molar-refractivity contribution in [3.63, 3.8) is 0 Å². The number of rotatable bonds is 10. The predicted octanol–water partition coefficient (Wildman–Crippen LogP) is 30.5. The molecule has 4 aliphatic rings. The number of anilines is 6. The first-order chi connectivity index (χ1) is 58.1. The molecule has 0 fully saturated rings. The van der Waals surface area contributed by atoms with Crippen LogP contribution in [0, 0.1) is 0 Å². The minimum atomic E-state index is -0.586. The minimum Gasteiger partial charge on any atom is -0.456 e. The van der Waals surface area contributed by atoms with E-state index in [4.69, 9.17) is 4.42 Å². The van der Waals surface area contributed by atoms with Crippen molar-refractivity contribution in [1.82, 2.24) is 0 Å². The van der Waals surface area contributed by atoms with Crippen LogP contribution in [0.3, 0.4) is 0 Å². The van der Waals surface area contributed by atoms with Crippen LogP contribution in [-0.4, -0.2) is 0 Å². The summed E-state index contributed by atoms with van der Waals surface area (Å²) >= 11 is 0. The third-order valence-electron chi connectivity index (χ3n) is 26.3. The molecule has 0 radical (unpaired) electrons. The van der Waals surface area contributed by atoms with Crippen LogP contribution in [-0.2, 0) is 10.8 Å². The van der Waals surface area contributed by atoms with Crippen molar-refractivity contribution in [2.75, 3.05) is 9.80 Å². The lowest BCUT2D eigenvalue weighted by Crippen LogP contribution is -2.26. The lowest BCUT2D eigenvalue weighted by molar-refractivity contribution is 0.669. The molecule has 3 heteroatoms. The first-order valence-electron chi connectivity index (χ1n) is 40.7. The molecule has 0 unspecified atom stereocenters. The van der Waals surface area contributed by atoms with Gasteiger partial charge in [-0.05, 0) is 221 Å². The van der Waals surface area contributed by atoms with Gasteiger partial charge >= 0.3 is 0 Å². The van der Waals surface area contributed by atoms with Gasteiger partial charge in [0, 0.05) is 55.4 Å². The maximum Gasteiger partial charge on any atom is 0.136 e. The van der Waals surface area contributed by atoms with Gasteiger partial charge in [0.15, 0.2) is 0 Å². The number of fused-ring (bicyclic) bond motifs is 29. The fourth-order valence-corrected chi connectivity index (χ4v) is 21.6. The smallest absolute Gasteiger partial charge is 0.136 e. The average molecular weight is 1480 g/mol. The van der Waals surface area contributed by atoms with Gasteiger partial charge in [-0.3, -0.25) is 0 Å². The second-order valence-electron chi connectivity index (χ2n) is 31.9. The largest absolute Gasteiger partial charge is 0.456 e. The van der Waals surface area contributed by atoms with Crippen LogP contribution >= 0.6 is 0 Å². The molecule has 3 nitrogen and oxygen atoms in total. The van der Waals surface area contributed by atoms with Crippen LogP contribution < -0.4 is 9.80 Å². The summed E-state index contributed by atoms with van der Waals surface area (Å²) < 4.78 is 6.83. The van der Waals surface area contributed by atoms with Crippen molar-refractivity contribution in [3.05, 3.63) is 469 Å². The number of para-hydroxylation sites is 1. The summed E-state index contributed by atoms with van der Waals surface area (Å²) in [6.45, 7) is 0. The van der Waals surface area contributed by atoms with Crippen molar-refractivity contribution < 1.29 is 4.42 Å². The van der Waals surface area contributed by atoms with E-state index in [0.29, 0.717) is 0 Å². The molecule has 0 saturated carbocycles. The molecule has 0 amide bonds. The normalized spacial score (nSPS) is 13.3. The molecule has 25 rings (SSSR count). The molecule has 117 heavy (non-hydrogen) atoms. The van der Waals surface area contributed by atoms with Crippen molar-refractivity contribution in [1.29, 1.82) is 0 Å². The van der Waals surface area contributed by atoms with E-state index in [1.165, 1.54) is 122 Å². The van der Waals surface area contributed by atoms with Gasteiger partial charge in [0.2, 0.25) is 0 Å². The first kappa shape index (κ1) is 65.4. The molecule has 1 aromatic heterocycles. The predicted molar refractivity (Wildman–Crippen MR) is 487 cm³/mol. The van der Waals surface area contributed by atoms with E-state index in [1.807, 2.05) is 0 Å². The minimum absolute atomic E-state index is 0.561. The van der Waals surface area contributed by atoms with Crippen LogP contribution in [0.25, 0.3) is 154 Å². The molecule has 542 valence electrons. The Morgan fingerprint density at radius 1 is 0.171 bits per heavy atom. The maximum atomic E-state index is 6.83. The Hall–Kier alpha value is -15.2. The first-order valence-corrected chi connectivity index (χ1v) is 40.7. The lowest BCUT2D eigenvalue weighted by Gasteiger charge is -2.34. The molecular formula is C114H70N2O. The van der Waals surface area contributed by atoms with Gasteiger partial charge in [0.1, 0.15) is 11.2 Å². The van der Waals surface area contributed by atoms with Crippen LogP contribution in [0.4, 0.5) is 34.1 Å². The van der Waals surface area contributed by atoms with Gasteiger partial charge in [-0.15, -0.1) is 0 Å². The summed E-state index contributed by atoms with van der Waals surface area (Å²) in [4.78, 5) is 5.18. The van der Waals surface area contributed by atoms with E-state index in [2.05, 4.69) is 434 Å². The molecule has 2 spiro atoms. The van der Waals surface area contributed by atoms with E-state index in [9.17, 15) is 0 Å². The number of furan rings is 1. The monoisotopic (exact) mass is 1480 g/mol. The third kappa shape index (κ3) is 9.17. The second-order valence-corrected chi connectivity index (χ2v) is 31.9.